The van der Waals surface area contributed by atoms with E-state index < -0.39 is 0 Å². The van der Waals surface area contributed by atoms with E-state index in [-0.39, 0.29) is 24.0 Å². The SMILES string of the molecule is CCNC(=NCCc1ccc(C)nc1)N(C)CCOc1ccc(C)cc1.I. The number of aliphatic imine (C=N–C) groups is 1. The van der Waals surface area contributed by atoms with Crippen LogP contribution in [0.1, 0.15) is 23.7 Å². The normalized spacial score (nSPS) is 10.9. The zero-order chi connectivity index (χ0) is 18.8. The summed E-state index contributed by atoms with van der Waals surface area (Å²) in [4.78, 5) is 11.2. The topological polar surface area (TPSA) is 49.8 Å². The Kier molecular flexibility index (Phi) is 10.8. The summed E-state index contributed by atoms with van der Waals surface area (Å²) in [6, 6.07) is 12.3. The summed E-state index contributed by atoms with van der Waals surface area (Å²) in [5.41, 5.74) is 3.49. The van der Waals surface area contributed by atoms with Gasteiger partial charge < -0.3 is 15.0 Å². The molecular formula is C21H31IN4O. The van der Waals surface area contributed by atoms with Crippen LogP contribution in [-0.2, 0) is 6.42 Å². The summed E-state index contributed by atoms with van der Waals surface area (Å²) in [5, 5.41) is 3.34. The third kappa shape index (κ3) is 8.60. The molecule has 0 spiro atoms. The molecule has 0 fully saturated rings. The fraction of sp³-hybridized carbons (Fsp3) is 0.429. The first-order valence-electron chi connectivity index (χ1n) is 9.19. The highest BCUT2D eigenvalue weighted by molar-refractivity contribution is 14.0. The van der Waals surface area contributed by atoms with E-state index in [1.165, 1.54) is 11.1 Å². The monoisotopic (exact) mass is 482 g/mol. The standard InChI is InChI=1S/C21H30N4O.HI/c1-5-22-21(23-13-12-19-9-8-18(3)24-16-19)25(4)14-15-26-20-10-6-17(2)7-11-20;/h6-11,16H,5,12-15H2,1-4H3,(H,22,23);1H. The second-order valence-electron chi connectivity index (χ2n) is 6.38. The van der Waals surface area contributed by atoms with Crippen LogP contribution >= 0.6 is 24.0 Å². The van der Waals surface area contributed by atoms with Crippen LogP contribution in [0, 0.1) is 13.8 Å². The van der Waals surface area contributed by atoms with Gasteiger partial charge in [0.15, 0.2) is 5.96 Å². The van der Waals surface area contributed by atoms with Crippen molar-refractivity contribution in [3.05, 3.63) is 59.4 Å². The van der Waals surface area contributed by atoms with Crippen LogP contribution in [0.2, 0.25) is 0 Å². The minimum absolute atomic E-state index is 0. The van der Waals surface area contributed by atoms with Crippen molar-refractivity contribution in [1.29, 1.82) is 0 Å². The van der Waals surface area contributed by atoms with E-state index in [2.05, 4.69) is 47.2 Å². The summed E-state index contributed by atoms with van der Waals surface area (Å²) in [5.74, 6) is 1.80. The predicted molar refractivity (Wildman–Crippen MR) is 123 cm³/mol. The lowest BCUT2D eigenvalue weighted by atomic mass is 10.2. The number of pyridine rings is 1. The largest absolute Gasteiger partial charge is 0.492 e. The first kappa shape index (κ1) is 23.2. The third-order valence-electron chi connectivity index (χ3n) is 4.05. The Morgan fingerprint density at radius 3 is 2.52 bits per heavy atom. The minimum atomic E-state index is 0. The summed E-state index contributed by atoms with van der Waals surface area (Å²) in [7, 11) is 2.04. The molecule has 1 aromatic heterocycles. The Morgan fingerprint density at radius 1 is 1.15 bits per heavy atom. The number of rotatable bonds is 8. The third-order valence-corrected chi connectivity index (χ3v) is 4.05. The van der Waals surface area contributed by atoms with Gasteiger partial charge in [-0.15, -0.1) is 24.0 Å². The zero-order valence-electron chi connectivity index (χ0n) is 16.7. The molecule has 6 heteroatoms. The highest BCUT2D eigenvalue weighted by Crippen LogP contribution is 2.11. The maximum absolute atomic E-state index is 5.81. The van der Waals surface area contributed by atoms with Crippen molar-refractivity contribution in [3.8, 4) is 5.75 Å². The lowest BCUT2D eigenvalue weighted by Gasteiger charge is -2.22. The number of likely N-dealkylation sites (N-methyl/N-ethyl adjacent to an activating group) is 1. The van der Waals surface area contributed by atoms with Gasteiger partial charge in [0.2, 0.25) is 0 Å². The van der Waals surface area contributed by atoms with Crippen molar-refractivity contribution >= 4 is 29.9 Å². The van der Waals surface area contributed by atoms with Gasteiger partial charge in [0, 0.05) is 32.0 Å². The highest BCUT2D eigenvalue weighted by atomic mass is 127. The van der Waals surface area contributed by atoms with Crippen molar-refractivity contribution < 1.29 is 4.74 Å². The molecule has 27 heavy (non-hydrogen) atoms. The van der Waals surface area contributed by atoms with Gasteiger partial charge >= 0.3 is 0 Å². The van der Waals surface area contributed by atoms with Crippen LogP contribution in [0.4, 0.5) is 0 Å². The average molecular weight is 482 g/mol. The Labute approximate surface area is 180 Å². The smallest absolute Gasteiger partial charge is 0.193 e. The van der Waals surface area contributed by atoms with E-state index in [9.17, 15) is 0 Å². The molecule has 2 aromatic rings. The Morgan fingerprint density at radius 2 is 1.89 bits per heavy atom. The first-order chi connectivity index (χ1) is 12.6. The highest BCUT2D eigenvalue weighted by Gasteiger charge is 2.06. The van der Waals surface area contributed by atoms with Gasteiger partial charge in [0.25, 0.3) is 0 Å². The fourth-order valence-electron chi connectivity index (χ4n) is 2.45. The van der Waals surface area contributed by atoms with Crippen molar-refractivity contribution in [2.75, 3.05) is 33.3 Å². The number of nitrogens with one attached hydrogen (secondary N) is 1. The van der Waals surface area contributed by atoms with Crippen LogP contribution < -0.4 is 10.1 Å². The lowest BCUT2D eigenvalue weighted by Crippen LogP contribution is -2.41. The van der Waals surface area contributed by atoms with Crippen molar-refractivity contribution in [3.63, 3.8) is 0 Å². The molecule has 5 nitrogen and oxygen atoms in total. The molecule has 148 valence electrons. The molecule has 2 rings (SSSR count). The number of hydrogen-bond acceptors (Lipinski definition) is 3. The molecule has 1 N–H and O–H groups in total. The molecule has 0 unspecified atom stereocenters. The van der Waals surface area contributed by atoms with Gasteiger partial charge in [-0.2, -0.15) is 0 Å². The molecular weight excluding hydrogens is 451 g/mol. The molecule has 0 aliphatic carbocycles. The van der Waals surface area contributed by atoms with E-state index in [1.807, 2.05) is 38.4 Å². The van der Waals surface area contributed by atoms with Crippen LogP contribution in [0.3, 0.4) is 0 Å². The lowest BCUT2D eigenvalue weighted by molar-refractivity contribution is 0.281. The Balaban J connectivity index is 0.00000364. The number of hydrogen-bond donors (Lipinski definition) is 1. The summed E-state index contributed by atoms with van der Waals surface area (Å²) >= 11 is 0. The maximum Gasteiger partial charge on any atom is 0.193 e. The summed E-state index contributed by atoms with van der Waals surface area (Å²) in [6.45, 7) is 9.11. The van der Waals surface area contributed by atoms with E-state index in [0.717, 1.165) is 43.5 Å². The number of nitrogens with zero attached hydrogens (tertiary/aromatic N) is 3. The van der Waals surface area contributed by atoms with E-state index in [0.29, 0.717) is 6.61 Å². The van der Waals surface area contributed by atoms with Crippen molar-refractivity contribution in [2.45, 2.75) is 27.2 Å². The molecule has 0 atom stereocenters. The quantitative estimate of drug-likeness (QED) is 0.353. The second kappa shape index (κ2) is 12.5. The Hall–Kier alpha value is -1.83. The van der Waals surface area contributed by atoms with Gasteiger partial charge in [-0.05, 0) is 51.0 Å². The minimum Gasteiger partial charge on any atom is -0.492 e. The molecule has 0 saturated heterocycles. The van der Waals surface area contributed by atoms with Crippen LogP contribution in [0.5, 0.6) is 5.75 Å². The average Bonchev–Trinajstić information content (AvgIpc) is 2.64. The van der Waals surface area contributed by atoms with Gasteiger partial charge in [-0.25, -0.2) is 0 Å². The van der Waals surface area contributed by atoms with Gasteiger partial charge in [0.1, 0.15) is 12.4 Å². The number of guanidine groups is 1. The van der Waals surface area contributed by atoms with E-state index in [1.54, 1.807) is 0 Å². The van der Waals surface area contributed by atoms with E-state index in [4.69, 9.17) is 9.73 Å². The second-order valence-corrected chi connectivity index (χ2v) is 6.38. The molecule has 0 aliphatic heterocycles. The molecule has 1 heterocycles. The number of ether oxygens (including phenoxy) is 1. The molecule has 0 amide bonds. The van der Waals surface area contributed by atoms with Crippen molar-refractivity contribution in [1.82, 2.24) is 15.2 Å². The van der Waals surface area contributed by atoms with Gasteiger partial charge in [-0.3, -0.25) is 9.98 Å². The molecule has 1 aromatic carbocycles. The molecule has 0 saturated carbocycles. The Bertz CT molecular complexity index is 686. The predicted octanol–water partition coefficient (Wildman–Crippen LogP) is 3.84. The summed E-state index contributed by atoms with van der Waals surface area (Å²) in [6.07, 6.45) is 2.81. The molecule has 0 bridgehead atoms. The van der Waals surface area contributed by atoms with E-state index >= 15 is 0 Å². The number of halogens is 1. The van der Waals surface area contributed by atoms with Crippen LogP contribution in [0.25, 0.3) is 0 Å². The fourth-order valence-corrected chi connectivity index (χ4v) is 2.45. The number of benzene rings is 1. The van der Waals surface area contributed by atoms with Gasteiger partial charge in [0.05, 0.1) is 6.54 Å². The number of aromatic nitrogens is 1. The van der Waals surface area contributed by atoms with Crippen molar-refractivity contribution in [2.24, 2.45) is 4.99 Å². The zero-order valence-corrected chi connectivity index (χ0v) is 19.1. The maximum atomic E-state index is 5.81. The van der Waals surface area contributed by atoms with Crippen LogP contribution in [0.15, 0.2) is 47.6 Å². The first-order valence-corrected chi connectivity index (χ1v) is 9.19. The van der Waals surface area contributed by atoms with Gasteiger partial charge in [-0.1, -0.05) is 23.8 Å². The summed E-state index contributed by atoms with van der Waals surface area (Å²) < 4.78 is 5.81. The molecule has 0 radical (unpaired) electrons. The number of aryl methyl sites for hydroxylation is 2. The molecule has 0 aliphatic rings. The van der Waals surface area contributed by atoms with Crippen LogP contribution in [-0.4, -0.2) is 49.1 Å².